The Balaban J connectivity index is 1.53. The molecule has 3 aromatic rings. The molecule has 5 nitrogen and oxygen atoms in total. The summed E-state index contributed by atoms with van der Waals surface area (Å²) in [6.07, 6.45) is 3.42. The van der Waals surface area contributed by atoms with Gasteiger partial charge in [-0.25, -0.2) is 8.78 Å². The smallest absolute Gasteiger partial charge is 0.249 e. The number of rotatable bonds is 7. The van der Waals surface area contributed by atoms with Gasteiger partial charge in [-0.05, 0) is 30.5 Å². The molecule has 0 saturated carbocycles. The van der Waals surface area contributed by atoms with Crippen LogP contribution in [0.25, 0.3) is 0 Å². The fourth-order valence-electron chi connectivity index (χ4n) is 2.30. The number of halogens is 2. The highest BCUT2D eigenvalue weighted by Gasteiger charge is 2.05. The number of anilines is 3. The summed E-state index contributed by atoms with van der Waals surface area (Å²) in [5, 5.41) is 13.7. The molecule has 0 saturated heterocycles. The van der Waals surface area contributed by atoms with E-state index in [1.165, 1.54) is 17.8 Å². The molecule has 0 atom stereocenters. The molecule has 1 aromatic heterocycles. The van der Waals surface area contributed by atoms with Crippen LogP contribution in [0.1, 0.15) is 12.0 Å². The Kier molecular flexibility index (Phi) is 5.46. The van der Waals surface area contributed by atoms with E-state index in [0.717, 1.165) is 31.5 Å². The molecule has 2 aromatic carbocycles. The monoisotopic (exact) mass is 341 g/mol. The highest BCUT2D eigenvalue weighted by molar-refractivity contribution is 5.54. The lowest BCUT2D eigenvalue weighted by molar-refractivity contribution is 0.509. The van der Waals surface area contributed by atoms with Crippen LogP contribution in [0.3, 0.4) is 0 Å². The molecule has 7 heteroatoms. The molecule has 1 heterocycles. The average molecular weight is 341 g/mol. The Hall–Kier alpha value is -3.09. The summed E-state index contributed by atoms with van der Waals surface area (Å²) in [4.78, 5) is 4.25. The first-order valence-corrected chi connectivity index (χ1v) is 7.90. The van der Waals surface area contributed by atoms with E-state index in [9.17, 15) is 8.78 Å². The fraction of sp³-hybridized carbons (Fsp3) is 0.167. The Morgan fingerprint density at radius 1 is 0.960 bits per heavy atom. The van der Waals surface area contributed by atoms with Gasteiger partial charge in [0.05, 0.1) is 6.20 Å². The van der Waals surface area contributed by atoms with Gasteiger partial charge in [0.2, 0.25) is 5.95 Å². The molecule has 3 rings (SSSR count). The number of nitrogens with one attached hydrogen (secondary N) is 2. The Bertz CT molecular complexity index is 827. The van der Waals surface area contributed by atoms with Crippen molar-refractivity contribution in [2.45, 2.75) is 12.8 Å². The van der Waals surface area contributed by atoms with Crippen LogP contribution in [0, 0.1) is 11.6 Å². The first-order valence-electron chi connectivity index (χ1n) is 7.90. The average Bonchev–Trinajstić information content (AvgIpc) is 2.63. The third-order valence-electron chi connectivity index (χ3n) is 3.53. The van der Waals surface area contributed by atoms with E-state index in [4.69, 9.17) is 0 Å². The highest BCUT2D eigenvalue weighted by Crippen LogP contribution is 2.16. The molecule has 0 aliphatic carbocycles. The van der Waals surface area contributed by atoms with Crippen LogP contribution in [0.2, 0.25) is 0 Å². The molecule has 0 aliphatic rings. The summed E-state index contributed by atoms with van der Waals surface area (Å²) in [6, 6.07) is 13.7. The van der Waals surface area contributed by atoms with Crippen LogP contribution in [0.5, 0.6) is 0 Å². The van der Waals surface area contributed by atoms with E-state index in [1.54, 1.807) is 0 Å². The number of aromatic nitrogens is 3. The minimum Gasteiger partial charge on any atom is -0.369 e. The van der Waals surface area contributed by atoms with Gasteiger partial charge in [0, 0.05) is 18.3 Å². The van der Waals surface area contributed by atoms with Crippen molar-refractivity contribution in [3.8, 4) is 0 Å². The lowest BCUT2D eigenvalue weighted by Crippen LogP contribution is -2.07. The topological polar surface area (TPSA) is 62.7 Å². The van der Waals surface area contributed by atoms with E-state index >= 15 is 0 Å². The molecule has 0 amide bonds. The normalized spacial score (nSPS) is 10.5. The third kappa shape index (κ3) is 4.94. The van der Waals surface area contributed by atoms with E-state index in [2.05, 4.69) is 37.9 Å². The number of nitrogens with zero attached hydrogens (tertiary/aromatic N) is 3. The summed E-state index contributed by atoms with van der Waals surface area (Å²) in [5.74, 6) is -1.07. The Morgan fingerprint density at radius 3 is 2.60 bits per heavy atom. The second-order valence-electron chi connectivity index (χ2n) is 5.44. The van der Waals surface area contributed by atoms with Crippen LogP contribution in [0.15, 0.2) is 54.7 Å². The van der Waals surface area contributed by atoms with Gasteiger partial charge in [0.25, 0.3) is 0 Å². The zero-order chi connectivity index (χ0) is 17.5. The summed E-state index contributed by atoms with van der Waals surface area (Å²) in [7, 11) is 0. The number of benzene rings is 2. The quantitative estimate of drug-likeness (QED) is 0.638. The minimum absolute atomic E-state index is 0.207. The number of hydrogen-bond donors (Lipinski definition) is 2. The third-order valence-corrected chi connectivity index (χ3v) is 3.53. The van der Waals surface area contributed by atoms with E-state index in [1.807, 2.05) is 18.2 Å². The molecule has 0 unspecified atom stereocenters. The molecular formula is C18H17F2N5. The lowest BCUT2D eigenvalue weighted by atomic mass is 10.1. The molecule has 0 aliphatic heterocycles. The molecule has 25 heavy (non-hydrogen) atoms. The van der Waals surface area contributed by atoms with Gasteiger partial charge in [-0.15, -0.1) is 5.10 Å². The maximum Gasteiger partial charge on any atom is 0.249 e. The predicted octanol–water partition coefficient (Wildman–Crippen LogP) is 3.94. The predicted molar refractivity (Wildman–Crippen MR) is 92.7 cm³/mol. The van der Waals surface area contributed by atoms with Crippen molar-refractivity contribution in [1.82, 2.24) is 15.2 Å². The van der Waals surface area contributed by atoms with Gasteiger partial charge in [-0.2, -0.15) is 10.1 Å². The first-order chi connectivity index (χ1) is 12.2. The van der Waals surface area contributed by atoms with Crippen molar-refractivity contribution >= 4 is 17.5 Å². The molecule has 0 fully saturated rings. The molecule has 2 N–H and O–H groups in total. The van der Waals surface area contributed by atoms with Crippen LogP contribution in [-0.2, 0) is 6.42 Å². The van der Waals surface area contributed by atoms with Crippen molar-refractivity contribution in [3.05, 3.63) is 71.9 Å². The van der Waals surface area contributed by atoms with Crippen LogP contribution in [-0.4, -0.2) is 21.7 Å². The standard InChI is InChI=1S/C18H17F2N5/c19-15-9-8-14(11-16(15)20)23-18-24-17(12-22-25-18)21-10-4-7-13-5-2-1-3-6-13/h1-3,5-6,8-9,11-12H,4,7,10H2,(H2,21,23,24,25). The van der Waals surface area contributed by atoms with E-state index < -0.39 is 11.6 Å². The van der Waals surface area contributed by atoms with Crippen molar-refractivity contribution in [3.63, 3.8) is 0 Å². The molecule has 0 spiro atoms. The van der Waals surface area contributed by atoms with Gasteiger partial charge >= 0.3 is 0 Å². The summed E-state index contributed by atoms with van der Waals surface area (Å²) < 4.78 is 26.2. The van der Waals surface area contributed by atoms with Crippen molar-refractivity contribution in [2.75, 3.05) is 17.2 Å². The molecular weight excluding hydrogens is 324 g/mol. The van der Waals surface area contributed by atoms with Crippen LogP contribution in [0.4, 0.5) is 26.2 Å². The summed E-state index contributed by atoms with van der Waals surface area (Å²) in [5.41, 5.74) is 1.63. The maximum atomic E-state index is 13.2. The number of hydrogen-bond acceptors (Lipinski definition) is 5. The second-order valence-corrected chi connectivity index (χ2v) is 5.44. The first kappa shape index (κ1) is 16.8. The van der Waals surface area contributed by atoms with Crippen LogP contribution >= 0.6 is 0 Å². The van der Waals surface area contributed by atoms with Crippen molar-refractivity contribution in [1.29, 1.82) is 0 Å². The molecule has 0 radical (unpaired) electrons. The van der Waals surface area contributed by atoms with Gasteiger partial charge in [-0.3, -0.25) is 0 Å². The SMILES string of the molecule is Fc1ccc(Nc2nncc(NCCCc3ccccc3)n2)cc1F. The molecule has 128 valence electrons. The van der Waals surface area contributed by atoms with Crippen molar-refractivity contribution in [2.24, 2.45) is 0 Å². The van der Waals surface area contributed by atoms with Crippen molar-refractivity contribution < 1.29 is 8.78 Å². The number of aryl methyl sites for hydroxylation is 1. The second kappa shape index (κ2) is 8.14. The van der Waals surface area contributed by atoms with Gasteiger partial charge in [0.1, 0.15) is 0 Å². The van der Waals surface area contributed by atoms with E-state index in [-0.39, 0.29) is 5.95 Å². The van der Waals surface area contributed by atoms with E-state index in [0.29, 0.717) is 11.5 Å². The highest BCUT2D eigenvalue weighted by atomic mass is 19.2. The zero-order valence-electron chi connectivity index (χ0n) is 13.4. The fourth-order valence-corrected chi connectivity index (χ4v) is 2.30. The minimum atomic E-state index is -0.937. The maximum absolute atomic E-state index is 13.2. The summed E-state index contributed by atoms with van der Waals surface area (Å²) >= 11 is 0. The Morgan fingerprint density at radius 2 is 1.80 bits per heavy atom. The van der Waals surface area contributed by atoms with Gasteiger partial charge in [0.15, 0.2) is 17.5 Å². The summed E-state index contributed by atoms with van der Waals surface area (Å²) in [6.45, 7) is 0.734. The zero-order valence-corrected chi connectivity index (χ0v) is 13.4. The van der Waals surface area contributed by atoms with Crippen LogP contribution < -0.4 is 10.6 Å². The van der Waals surface area contributed by atoms with Gasteiger partial charge < -0.3 is 10.6 Å². The largest absolute Gasteiger partial charge is 0.369 e. The van der Waals surface area contributed by atoms with Gasteiger partial charge in [-0.1, -0.05) is 30.3 Å². The lowest BCUT2D eigenvalue weighted by Gasteiger charge is -2.08. The molecule has 0 bridgehead atoms. The Labute approximate surface area is 144 Å².